The van der Waals surface area contributed by atoms with E-state index in [0.717, 1.165) is 24.7 Å². The van der Waals surface area contributed by atoms with Crippen LogP contribution in [0.1, 0.15) is 97.8 Å². The molecule has 1 N–H and O–H groups in total. The molecule has 0 fully saturated rings. The SMILES string of the molecule is CCCCC(CCC)C(CCCC)CCCCC(=O)O. The smallest absolute Gasteiger partial charge is 0.303 e. The maximum Gasteiger partial charge on any atom is 0.303 e. The first-order chi connectivity index (χ1) is 9.65. The fourth-order valence-electron chi connectivity index (χ4n) is 3.22. The van der Waals surface area contributed by atoms with Crippen molar-refractivity contribution in [2.24, 2.45) is 11.8 Å². The number of aliphatic carboxylic acids is 1. The van der Waals surface area contributed by atoms with Crippen LogP contribution in [0.5, 0.6) is 0 Å². The predicted octanol–water partition coefficient (Wildman–Crippen LogP) is 6.04. The van der Waals surface area contributed by atoms with Gasteiger partial charge in [0.1, 0.15) is 0 Å². The fourth-order valence-corrected chi connectivity index (χ4v) is 3.22. The Morgan fingerprint density at radius 1 is 0.750 bits per heavy atom. The lowest BCUT2D eigenvalue weighted by molar-refractivity contribution is -0.137. The van der Waals surface area contributed by atoms with E-state index in [4.69, 9.17) is 5.11 Å². The zero-order chi connectivity index (χ0) is 15.2. The Labute approximate surface area is 126 Å². The molecule has 0 bridgehead atoms. The lowest BCUT2D eigenvalue weighted by atomic mass is 9.79. The third-order valence-corrected chi connectivity index (χ3v) is 4.40. The molecule has 0 aliphatic heterocycles. The molecule has 2 nitrogen and oxygen atoms in total. The molecule has 0 aliphatic carbocycles. The number of unbranched alkanes of at least 4 members (excludes halogenated alkanes) is 3. The molecule has 0 amide bonds. The van der Waals surface area contributed by atoms with E-state index in [0.29, 0.717) is 6.42 Å². The molecule has 0 saturated carbocycles. The zero-order valence-electron chi connectivity index (χ0n) is 14.0. The summed E-state index contributed by atoms with van der Waals surface area (Å²) >= 11 is 0. The van der Waals surface area contributed by atoms with E-state index in [1.54, 1.807) is 0 Å². The summed E-state index contributed by atoms with van der Waals surface area (Å²) in [5, 5.41) is 8.73. The average Bonchev–Trinajstić information content (AvgIpc) is 2.42. The van der Waals surface area contributed by atoms with Crippen LogP contribution in [-0.2, 0) is 4.79 Å². The Kier molecular flexibility index (Phi) is 13.1. The zero-order valence-corrected chi connectivity index (χ0v) is 14.0. The van der Waals surface area contributed by atoms with Gasteiger partial charge in [0.2, 0.25) is 0 Å². The van der Waals surface area contributed by atoms with Crippen LogP contribution in [0.4, 0.5) is 0 Å². The number of carbonyl (C=O) groups is 1. The normalized spacial score (nSPS) is 14.2. The first-order valence-corrected chi connectivity index (χ1v) is 8.87. The Morgan fingerprint density at radius 2 is 1.25 bits per heavy atom. The van der Waals surface area contributed by atoms with Gasteiger partial charge in [-0.3, -0.25) is 4.79 Å². The van der Waals surface area contributed by atoms with Crippen molar-refractivity contribution in [1.82, 2.24) is 0 Å². The topological polar surface area (TPSA) is 37.3 Å². The van der Waals surface area contributed by atoms with Crippen molar-refractivity contribution in [3.05, 3.63) is 0 Å². The lowest BCUT2D eigenvalue weighted by Crippen LogP contribution is -2.15. The van der Waals surface area contributed by atoms with Gasteiger partial charge in [0.05, 0.1) is 0 Å². The highest BCUT2D eigenvalue weighted by Crippen LogP contribution is 2.32. The van der Waals surface area contributed by atoms with E-state index in [9.17, 15) is 4.79 Å². The van der Waals surface area contributed by atoms with Gasteiger partial charge in [-0.2, -0.15) is 0 Å². The van der Waals surface area contributed by atoms with Gasteiger partial charge in [-0.15, -0.1) is 0 Å². The molecule has 0 aromatic rings. The number of carboxylic acids is 1. The molecule has 0 spiro atoms. The molecule has 0 aliphatic rings. The number of hydrogen-bond acceptors (Lipinski definition) is 1. The molecule has 0 heterocycles. The van der Waals surface area contributed by atoms with Gasteiger partial charge in [0, 0.05) is 6.42 Å². The number of rotatable bonds is 14. The summed E-state index contributed by atoms with van der Waals surface area (Å²) in [6.45, 7) is 6.83. The Hall–Kier alpha value is -0.530. The van der Waals surface area contributed by atoms with Gasteiger partial charge in [-0.25, -0.2) is 0 Å². The molecule has 2 atom stereocenters. The second-order valence-corrected chi connectivity index (χ2v) is 6.23. The van der Waals surface area contributed by atoms with Crippen LogP contribution in [0, 0.1) is 11.8 Å². The van der Waals surface area contributed by atoms with Crippen molar-refractivity contribution in [3.63, 3.8) is 0 Å². The Morgan fingerprint density at radius 3 is 1.70 bits per heavy atom. The quantitative estimate of drug-likeness (QED) is 0.394. The van der Waals surface area contributed by atoms with Crippen molar-refractivity contribution in [2.75, 3.05) is 0 Å². The van der Waals surface area contributed by atoms with Crippen LogP contribution < -0.4 is 0 Å². The highest BCUT2D eigenvalue weighted by Gasteiger charge is 2.19. The summed E-state index contributed by atoms with van der Waals surface area (Å²) < 4.78 is 0. The first kappa shape index (κ1) is 19.5. The van der Waals surface area contributed by atoms with E-state index in [1.165, 1.54) is 57.8 Å². The summed E-state index contributed by atoms with van der Waals surface area (Å²) in [5.41, 5.74) is 0. The van der Waals surface area contributed by atoms with E-state index >= 15 is 0 Å². The highest BCUT2D eigenvalue weighted by molar-refractivity contribution is 5.66. The van der Waals surface area contributed by atoms with Crippen LogP contribution in [0.15, 0.2) is 0 Å². The average molecular weight is 284 g/mol. The minimum Gasteiger partial charge on any atom is -0.481 e. The fraction of sp³-hybridized carbons (Fsp3) is 0.944. The van der Waals surface area contributed by atoms with Gasteiger partial charge in [0.15, 0.2) is 0 Å². The second kappa shape index (κ2) is 13.5. The van der Waals surface area contributed by atoms with Crippen LogP contribution in [0.2, 0.25) is 0 Å². The molecule has 0 aromatic carbocycles. The highest BCUT2D eigenvalue weighted by atomic mass is 16.4. The minimum absolute atomic E-state index is 0.341. The van der Waals surface area contributed by atoms with Gasteiger partial charge in [-0.05, 0) is 18.3 Å². The predicted molar refractivity (Wildman–Crippen MR) is 87.0 cm³/mol. The molecule has 2 heteroatoms. The third kappa shape index (κ3) is 10.3. The van der Waals surface area contributed by atoms with E-state index in [-0.39, 0.29) is 0 Å². The van der Waals surface area contributed by atoms with Crippen LogP contribution in [-0.4, -0.2) is 11.1 Å². The molecule has 120 valence electrons. The van der Waals surface area contributed by atoms with Crippen molar-refractivity contribution < 1.29 is 9.90 Å². The van der Waals surface area contributed by atoms with Gasteiger partial charge < -0.3 is 5.11 Å². The molecule has 0 saturated heterocycles. The third-order valence-electron chi connectivity index (χ3n) is 4.40. The molecular weight excluding hydrogens is 248 g/mol. The van der Waals surface area contributed by atoms with E-state index in [1.807, 2.05) is 0 Å². The minimum atomic E-state index is -0.647. The Balaban J connectivity index is 4.26. The lowest BCUT2D eigenvalue weighted by Gasteiger charge is -2.27. The number of hydrogen-bond donors (Lipinski definition) is 1. The maximum absolute atomic E-state index is 10.6. The summed E-state index contributed by atoms with van der Waals surface area (Å²) in [6.07, 6.45) is 14.1. The van der Waals surface area contributed by atoms with E-state index in [2.05, 4.69) is 20.8 Å². The van der Waals surface area contributed by atoms with Crippen molar-refractivity contribution >= 4 is 5.97 Å². The van der Waals surface area contributed by atoms with Crippen LogP contribution >= 0.6 is 0 Å². The maximum atomic E-state index is 10.6. The Bertz CT molecular complexity index is 225. The standard InChI is InChI=1S/C18H36O2/c1-4-7-12-16(11-6-3)17(13-8-5-2)14-9-10-15-18(19)20/h16-17H,4-15H2,1-3H3,(H,19,20). The van der Waals surface area contributed by atoms with Gasteiger partial charge in [0.25, 0.3) is 0 Å². The summed E-state index contributed by atoms with van der Waals surface area (Å²) in [6, 6.07) is 0. The molecular formula is C18H36O2. The number of carboxylic acid groups (broad SMARTS) is 1. The van der Waals surface area contributed by atoms with Crippen molar-refractivity contribution in [2.45, 2.75) is 97.8 Å². The van der Waals surface area contributed by atoms with Gasteiger partial charge in [-0.1, -0.05) is 85.0 Å². The first-order valence-electron chi connectivity index (χ1n) is 8.87. The molecule has 2 unspecified atom stereocenters. The van der Waals surface area contributed by atoms with Crippen LogP contribution in [0.25, 0.3) is 0 Å². The summed E-state index contributed by atoms with van der Waals surface area (Å²) in [5.74, 6) is 1.05. The monoisotopic (exact) mass is 284 g/mol. The van der Waals surface area contributed by atoms with Crippen molar-refractivity contribution in [3.8, 4) is 0 Å². The molecule has 0 radical (unpaired) electrons. The molecule has 20 heavy (non-hydrogen) atoms. The van der Waals surface area contributed by atoms with E-state index < -0.39 is 5.97 Å². The van der Waals surface area contributed by atoms with Gasteiger partial charge >= 0.3 is 5.97 Å². The molecule has 0 aromatic heterocycles. The summed E-state index contributed by atoms with van der Waals surface area (Å²) in [4.78, 5) is 10.6. The summed E-state index contributed by atoms with van der Waals surface area (Å²) in [7, 11) is 0. The van der Waals surface area contributed by atoms with Crippen molar-refractivity contribution in [1.29, 1.82) is 0 Å². The van der Waals surface area contributed by atoms with Crippen LogP contribution in [0.3, 0.4) is 0 Å². The largest absolute Gasteiger partial charge is 0.481 e. The molecule has 0 rings (SSSR count). The second-order valence-electron chi connectivity index (χ2n) is 6.23.